The summed E-state index contributed by atoms with van der Waals surface area (Å²) in [6, 6.07) is 4.78. The first kappa shape index (κ1) is 16.6. The SMILES string of the molecule is COC(=O)CCc1ccc(NC(=O)NCCCl)cc1Cl. The van der Waals surface area contributed by atoms with E-state index in [1.807, 2.05) is 0 Å². The van der Waals surface area contributed by atoms with Crippen LogP contribution in [0.5, 0.6) is 0 Å². The van der Waals surface area contributed by atoms with Gasteiger partial charge in [-0.2, -0.15) is 0 Å². The van der Waals surface area contributed by atoms with Crippen molar-refractivity contribution in [1.29, 1.82) is 0 Å². The third kappa shape index (κ3) is 5.67. The number of halogens is 2. The lowest BCUT2D eigenvalue weighted by Crippen LogP contribution is -2.30. The summed E-state index contributed by atoms with van der Waals surface area (Å²) in [4.78, 5) is 22.5. The van der Waals surface area contributed by atoms with E-state index in [1.165, 1.54) is 7.11 Å². The second kappa shape index (κ2) is 8.66. The Balaban J connectivity index is 2.58. The minimum atomic E-state index is -0.343. The van der Waals surface area contributed by atoms with Crippen LogP contribution < -0.4 is 10.6 Å². The molecule has 0 radical (unpaired) electrons. The lowest BCUT2D eigenvalue weighted by molar-refractivity contribution is -0.140. The predicted molar refractivity (Wildman–Crippen MR) is 79.5 cm³/mol. The van der Waals surface area contributed by atoms with Gasteiger partial charge in [0.05, 0.1) is 7.11 Å². The average molecular weight is 319 g/mol. The van der Waals surface area contributed by atoms with E-state index in [0.717, 1.165) is 5.56 Å². The summed E-state index contributed by atoms with van der Waals surface area (Å²) in [6.07, 6.45) is 0.753. The number of carbonyl (C=O) groups is 2. The summed E-state index contributed by atoms with van der Waals surface area (Å²) in [5, 5.41) is 5.70. The molecule has 0 atom stereocenters. The zero-order valence-corrected chi connectivity index (χ0v) is 12.6. The molecule has 0 heterocycles. The molecular weight excluding hydrogens is 303 g/mol. The molecular formula is C13H16Cl2N2O3. The Hall–Kier alpha value is -1.46. The maximum atomic E-state index is 11.4. The van der Waals surface area contributed by atoms with Crippen LogP contribution in [0, 0.1) is 0 Å². The van der Waals surface area contributed by atoms with Gasteiger partial charge in [0, 0.05) is 29.6 Å². The van der Waals surface area contributed by atoms with Crippen LogP contribution in [0.25, 0.3) is 0 Å². The molecule has 2 amide bonds. The van der Waals surface area contributed by atoms with Gasteiger partial charge in [-0.25, -0.2) is 4.79 Å². The number of ether oxygens (including phenoxy) is 1. The Kier molecular flexibility index (Phi) is 7.18. The molecule has 1 aromatic rings. The highest BCUT2D eigenvalue weighted by Crippen LogP contribution is 2.22. The number of hydrogen-bond acceptors (Lipinski definition) is 3. The Morgan fingerprint density at radius 2 is 2.10 bits per heavy atom. The molecule has 0 spiro atoms. The van der Waals surface area contributed by atoms with Gasteiger partial charge in [-0.15, -0.1) is 11.6 Å². The predicted octanol–water partition coefficient (Wildman–Crippen LogP) is 2.81. The van der Waals surface area contributed by atoms with Crippen LogP contribution in [0.15, 0.2) is 18.2 Å². The number of carbonyl (C=O) groups excluding carboxylic acids is 2. The van der Waals surface area contributed by atoms with Gasteiger partial charge in [0.25, 0.3) is 0 Å². The summed E-state index contributed by atoms with van der Waals surface area (Å²) in [6.45, 7) is 0.387. The average Bonchev–Trinajstić information content (AvgIpc) is 2.43. The fourth-order valence-corrected chi connectivity index (χ4v) is 1.87. The van der Waals surface area contributed by atoms with Crippen LogP contribution in [0.3, 0.4) is 0 Å². The van der Waals surface area contributed by atoms with E-state index in [2.05, 4.69) is 15.4 Å². The molecule has 0 aliphatic rings. The van der Waals surface area contributed by atoms with Crippen LogP contribution in [0.2, 0.25) is 5.02 Å². The normalized spacial score (nSPS) is 9.95. The van der Waals surface area contributed by atoms with Crippen LogP contribution in [0.4, 0.5) is 10.5 Å². The second-order valence-electron chi connectivity index (χ2n) is 3.95. The molecule has 0 aliphatic heterocycles. The second-order valence-corrected chi connectivity index (χ2v) is 4.74. The quantitative estimate of drug-likeness (QED) is 0.626. The van der Waals surface area contributed by atoms with Crippen molar-refractivity contribution in [2.24, 2.45) is 0 Å². The topological polar surface area (TPSA) is 67.4 Å². The highest BCUT2D eigenvalue weighted by Gasteiger charge is 2.07. The molecule has 20 heavy (non-hydrogen) atoms. The van der Waals surface area contributed by atoms with E-state index in [4.69, 9.17) is 23.2 Å². The summed E-state index contributed by atoms with van der Waals surface area (Å²) in [5.74, 6) is 0.0596. The number of aryl methyl sites for hydroxylation is 1. The lowest BCUT2D eigenvalue weighted by atomic mass is 10.1. The maximum Gasteiger partial charge on any atom is 0.319 e. The van der Waals surface area contributed by atoms with Crippen molar-refractivity contribution < 1.29 is 14.3 Å². The van der Waals surface area contributed by atoms with Gasteiger partial charge in [-0.1, -0.05) is 17.7 Å². The first-order valence-electron chi connectivity index (χ1n) is 6.03. The van der Waals surface area contributed by atoms with Crippen molar-refractivity contribution in [3.63, 3.8) is 0 Å². The standard InChI is InChI=1S/C13H16Cl2N2O3/c1-20-12(18)5-3-9-2-4-10(8-11(9)15)17-13(19)16-7-6-14/h2,4,8H,3,5-7H2,1H3,(H2,16,17,19). The molecule has 7 heteroatoms. The third-order valence-corrected chi connectivity index (χ3v) is 3.06. The molecule has 5 nitrogen and oxygen atoms in total. The molecule has 0 fully saturated rings. The van der Waals surface area contributed by atoms with Crippen molar-refractivity contribution in [1.82, 2.24) is 5.32 Å². The Morgan fingerprint density at radius 1 is 1.35 bits per heavy atom. The molecule has 0 saturated heterocycles. The number of methoxy groups -OCH3 is 1. The summed E-state index contributed by atoms with van der Waals surface area (Å²) in [7, 11) is 1.34. The number of rotatable bonds is 6. The highest BCUT2D eigenvalue weighted by atomic mass is 35.5. The van der Waals surface area contributed by atoms with Crippen molar-refractivity contribution in [3.05, 3.63) is 28.8 Å². The summed E-state index contributed by atoms with van der Waals surface area (Å²) < 4.78 is 4.57. The van der Waals surface area contributed by atoms with E-state index in [-0.39, 0.29) is 18.4 Å². The van der Waals surface area contributed by atoms with Crippen LogP contribution in [-0.2, 0) is 16.0 Å². The van der Waals surface area contributed by atoms with Crippen LogP contribution >= 0.6 is 23.2 Å². The highest BCUT2D eigenvalue weighted by molar-refractivity contribution is 6.31. The Morgan fingerprint density at radius 3 is 2.70 bits per heavy atom. The van der Waals surface area contributed by atoms with Gasteiger partial charge >= 0.3 is 12.0 Å². The van der Waals surface area contributed by atoms with Gasteiger partial charge in [-0.3, -0.25) is 4.79 Å². The third-order valence-electron chi connectivity index (χ3n) is 2.52. The number of anilines is 1. The number of alkyl halides is 1. The van der Waals surface area contributed by atoms with E-state index in [9.17, 15) is 9.59 Å². The molecule has 110 valence electrons. The zero-order chi connectivity index (χ0) is 15.0. The Labute approximate surface area is 127 Å². The van der Waals surface area contributed by atoms with E-state index < -0.39 is 0 Å². The molecule has 2 N–H and O–H groups in total. The van der Waals surface area contributed by atoms with Crippen molar-refractivity contribution in [3.8, 4) is 0 Å². The molecule has 0 bridgehead atoms. The molecule has 0 aromatic heterocycles. The molecule has 1 aromatic carbocycles. The minimum absolute atomic E-state index is 0.263. The molecule has 0 aliphatic carbocycles. The lowest BCUT2D eigenvalue weighted by Gasteiger charge is -2.09. The summed E-state index contributed by atoms with van der Waals surface area (Å²) in [5.41, 5.74) is 1.40. The van der Waals surface area contributed by atoms with Crippen molar-refractivity contribution in [2.45, 2.75) is 12.8 Å². The summed E-state index contributed by atoms with van der Waals surface area (Å²) >= 11 is 11.6. The zero-order valence-electron chi connectivity index (χ0n) is 11.0. The first-order chi connectivity index (χ1) is 9.56. The number of amides is 2. The number of esters is 1. The van der Waals surface area contributed by atoms with Gasteiger partial charge in [0.2, 0.25) is 0 Å². The van der Waals surface area contributed by atoms with Gasteiger partial charge in [0.1, 0.15) is 0 Å². The number of hydrogen-bond donors (Lipinski definition) is 2. The van der Waals surface area contributed by atoms with Crippen LogP contribution in [-0.4, -0.2) is 31.5 Å². The van der Waals surface area contributed by atoms with E-state index in [0.29, 0.717) is 29.6 Å². The van der Waals surface area contributed by atoms with Gasteiger partial charge in [0.15, 0.2) is 0 Å². The fourth-order valence-electron chi connectivity index (χ4n) is 1.50. The van der Waals surface area contributed by atoms with Crippen molar-refractivity contribution in [2.75, 3.05) is 24.9 Å². The smallest absolute Gasteiger partial charge is 0.319 e. The molecule has 0 unspecified atom stereocenters. The number of urea groups is 1. The largest absolute Gasteiger partial charge is 0.469 e. The number of benzene rings is 1. The fraction of sp³-hybridized carbons (Fsp3) is 0.385. The monoisotopic (exact) mass is 318 g/mol. The van der Waals surface area contributed by atoms with Gasteiger partial charge < -0.3 is 15.4 Å². The van der Waals surface area contributed by atoms with E-state index >= 15 is 0 Å². The molecule has 0 saturated carbocycles. The van der Waals surface area contributed by atoms with E-state index in [1.54, 1.807) is 18.2 Å². The van der Waals surface area contributed by atoms with Gasteiger partial charge in [-0.05, 0) is 24.1 Å². The maximum absolute atomic E-state index is 11.4. The van der Waals surface area contributed by atoms with Crippen molar-refractivity contribution >= 4 is 40.9 Å². The number of nitrogens with one attached hydrogen (secondary N) is 2. The molecule has 1 rings (SSSR count). The van der Waals surface area contributed by atoms with Crippen LogP contribution in [0.1, 0.15) is 12.0 Å². The first-order valence-corrected chi connectivity index (χ1v) is 6.94. The minimum Gasteiger partial charge on any atom is -0.469 e. The Bertz CT molecular complexity index is 481.